The monoisotopic (exact) mass is 390 g/mol. The molecule has 1 heterocycles. The highest BCUT2D eigenvalue weighted by atomic mass is 16.3. The number of aromatic nitrogens is 2. The first-order chi connectivity index (χ1) is 14.1. The Morgan fingerprint density at radius 3 is 2.62 bits per heavy atom. The van der Waals surface area contributed by atoms with Gasteiger partial charge in [0, 0.05) is 23.2 Å². The molecule has 1 fully saturated rings. The quantitative estimate of drug-likeness (QED) is 0.616. The van der Waals surface area contributed by atoms with Crippen molar-refractivity contribution in [2.24, 2.45) is 0 Å². The van der Waals surface area contributed by atoms with Gasteiger partial charge in [-0.25, -0.2) is 9.97 Å². The number of aliphatic hydroxyl groups excluding tert-OH is 1. The molecule has 1 aliphatic rings. The summed E-state index contributed by atoms with van der Waals surface area (Å²) >= 11 is 0. The van der Waals surface area contributed by atoms with Gasteiger partial charge < -0.3 is 15.7 Å². The summed E-state index contributed by atoms with van der Waals surface area (Å²) in [5.74, 6) is 0.437. The first-order valence-corrected chi connectivity index (χ1v) is 10.2. The van der Waals surface area contributed by atoms with E-state index in [2.05, 4.69) is 20.6 Å². The van der Waals surface area contributed by atoms with Crippen molar-refractivity contribution in [1.29, 1.82) is 0 Å². The molecular formula is C23H26N4O2. The maximum absolute atomic E-state index is 12.7. The number of carbonyl (C=O) groups is 1. The summed E-state index contributed by atoms with van der Waals surface area (Å²) in [6.45, 7) is 1.97. The Hall–Kier alpha value is -2.99. The molecule has 29 heavy (non-hydrogen) atoms. The van der Waals surface area contributed by atoms with Gasteiger partial charge in [0.2, 0.25) is 5.95 Å². The highest BCUT2D eigenvalue weighted by molar-refractivity contribution is 5.98. The molecule has 0 radical (unpaired) electrons. The van der Waals surface area contributed by atoms with E-state index >= 15 is 0 Å². The normalized spacial score (nSPS) is 20.2. The van der Waals surface area contributed by atoms with Crippen molar-refractivity contribution in [3.8, 4) is 0 Å². The van der Waals surface area contributed by atoms with Gasteiger partial charge in [0.1, 0.15) is 0 Å². The summed E-state index contributed by atoms with van der Waals surface area (Å²) < 4.78 is 0. The minimum Gasteiger partial charge on any atom is -0.393 e. The third kappa shape index (κ3) is 4.71. The van der Waals surface area contributed by atoms with E-state index in [-0.39, 0.29) is 24.1 Å². The Morgan fingerprint density at radius 1 is 1.10 bits per heavy atom. The van der Waals surface area contributed by atoms with Crippen LogP contribution in [0.2, 0.25) is 0 Å². The number of rotatable bonds is 5. The van der Waals surface area contributed by atoms with E-state index in [0.29, 0.717) is 11.5 Å². The first kappa shape index (κ1) is 19.3. The fraction of sp³-hybridized carbons (Fsp3) is 0.348. The van der Waals surface area contributed by atoms with Crippen molar-refractivity contribution in [2.75, 3.05) is 5.32 Å². The SMILES string of the molecule is C[C@@H](NC(=O)c1ccc2cnc(N[C@H]3CC[C@H](O)CC3)nc2c1)c1ccccc1. The van der Waals surface area contributed by atoms with E-state index < -0.39 is 0 Å². The molecule has 2 aromatic carbocycles. The Balaban J connectivity index is 1.48. The summed E-state index contributed by atoms with van der Waals surface area (Å²) in [6.07, 6.45) is 5.00. The average molecular weight is 390 g/mol. The zero-order valence-corrected chi connectivity index (χ0v) is 16.5. The van der Waals surface area contributed by atoms with E-state index in [9.17, 15) is 9.90 Å². The molecule has 1 aromatic heterocycles. The van der Waals surface area contributed by atoms with Crippen molar-refractivity contribution in [2.45, 2.75) is 50.8 Å². The van der Waals surface area contributed by atoms with E-state index in [1.807, 2.05) is 43.3 Å². The zero-order valence-electron chi connectivity index (χ0n) is 16.5. The highest BCUT2D eigenvalue weighted by Crippen LogP contribution is 2.22. The molecule has 0 spiro atoms. The maximum atomic E-state index is 12.7. The zero-order chi connectivity index (χ0) is 20.2. The van der Waals surface area contributed by atoms with E-state index in [4.69, 9.17) is 0 Å². The lowest BCUT2D eigenvalue weighted by atomic mass is 9.93. The van der Waals surface area contributed by atoms with Gasteiger partial charge in [-0.1, -0.05) is 36.4 Å². The molecule has 0 aliphatic heterocycles. The van der Waals surface area contributed by atoms with Gasteiger partial charge in [-0.15, -0.1) is 0 Å². The van der Waals surface area contributed by atoms with E-state index in [0.717, 1.165) is 42.1 Å². The molecule has 6 heteroatoms. The van der Waals surface area contributed by atoms with Gasteiger partial charge in [0.05, 0.1) is 17.7 Å². The topological polar surface area (TPSA) is 87.1 Å². The van der Waals surface area contributed by atoms with Crippen LogP contribution >= 0.6 is 0 Å². The van der Waals surface area contributed by atoms with Gasteiger partial charge in [0.25, 0.3) is 5.91 Å². The maximum Gasteiger partial charge on any atom is 0.251 e. The van der Waals surface area contributed by atoms with Crippen LogP contribution in [0.4, 0.5) is 5.95 Å². The van der Waals surface area contributed by atoms with Gasteiger partial charge >= 0.3 is 0 Å². The lowest BCUT2D eigenvalue weighted by molar-refractivity contribution is 0.0940. The number of fused-ring (bicyclic) bond motifs is 1. The molecule has 1 aliphatic carbocycles. The summed E-state index contributed by atoms with van der Waals surface area (Å²) in [5.41, 5.74) is 2.37. The van der Waals surface area contributed by atoms with Gasteiger partial charge in [-0.2, -0.15) is 0 Å². The number of nitrogens with one attached hydrogen (secondary N) is 2. The Bertz CT molecular complexity index is 985. The van der Waals surface area contributed by atoms with Crippen molar-refractivity contribution >= 4 is 22.8 Å². The third-order valence-corrected chi connectivity index (χ3v) is 5.52. The molecule has 0 unspecified atom stereocenters. The summed E-state index contributed by atoms with van der Waals surface area (Å²) in [5, 5.41) is 16.9. The molecule has 4 rings (SSSR count). The van der Waals surface area contributed by atoms with Gasteiger partial charge in [0.15, 0.2) is 0 Å². The van der Waals surface area contributed by atoms with Crippen LogP contribution in [0, 0.1) is 0 Å². The summed E-state index contributed by atoms with van der Waals surface area (Å²) in [4.78, 5) is 21.7. The van der Waals surface area contributed by atoms with Crippen LogP contribution in [-0.2, 0) is 0 Å². The average Bonchev–Trinajstić information content (AvgIpc) is 2.75. The number of anilines is 1. The van der Waals surface area contributed by atoms with Crippen LogP contribution in [0.5, 0.6) is 0 Å². The number of nitrogens with zero attached hydrogens (tertiary/aromatic N) is 2. The largest absolute Gasteiger partial charge is 0.393 e. The van der Waals surface area contributed by atoms with Crippen molar-refractivity contribution in [3.05, 3.63) is 65.9 Å². The number of amides is 1. The second kappa shape index (κ2) is 8.57. The van der Waals surface area contributed by atoms with Crippen molar-refractivity contribution in [1.82, 2.24) is 15.3 Å². The molecule has 1 saturated carbocycles. The fourth-order valence-corrected chi connectivity index (χ4v) is 3.74. The molecule has 150 valence electrons. The predicted molar refractivity (Wildman–Crippen MR) is 114 cm³/mol. The smallest absolute Gasteiger partial charge is 0.251 e. The summed E-state index contributed by atoms with van der Waals surface area (Å²) in [6, 6.07) is 15.6. The minimum atomic E-state index is -0.190. The van der Waals surface area contributed by atoms with Crippen molar-refractivity contribution < 1.29 is 9.90 Å². The second-order valence-corrected chi connectivity index (χ2v) is 7.72. The molecule has 6 nitrogen and oxygen atoms in total. The van der Waals surface area contributed by atoms with Crippen molar-refractivity contribution in [3.63, 3.8) is 0 Å². The molecule has 0 bridgehead atoms. The predicted octanol–water partition coefficient (Wildman–Crippen LogP) is 3.84. The minimum absolute atomic E-state index is 0.0799. The number of carbonyl (C=O) groups excluding carboxylic acids is 1. The Morgan fingerprint density at radius 2 is 1.86 bits per heavy atom. The lowest BCUT2D eigenvalue weighted by Crippen LogP contribution is -2.29. The number of benzene rings is 2. The Labute approximate surface area is 170 Å². The first-order valence-electron chi connectivity index (χ1n) is 10.2. The van der Waals surface area contributed by atoms with Crippen LogP contribution < -0.4 is 10.6 Å². The van der Waals surface area contributed by atoms with Crippen LogP contribution in [0.15, 0.2) is 54.7 Å². The molecule has 1 atom stereocenters. The number of aliphatic hydroxyl groups is 1. The molecule has 3 aromatic rings. The second-order valence-electron chi connectivity index (χ2n) is 7.72. The van der Waals surface area contributed by atoms with Crippen LogP contribution in [0.1, 0.15) is 54.6 Å². The van der Waals surface area contributed by atoms with Crippen LogP contribution in [-0.4, -0.2) is 33.1 Å². The molecule has 3 N–H and O–H groups in total. The van der Waals surface area contributed by atoms with E-state index in [1.165, 1.54) is 0 Å². The number of hydrogen-bond acceptors (Lipinski definition) is 5. The van der Waals surface area contributed by atoms with E-state index in [1.54, 1.807) is 18.3 Å². The van der Waals surface area contributed by atoms with Gasteiger partial charge in [-0.3, -0.25) is 4.79 Å². The third-order valence-electron chi connectivity index (χ3n) is 5.52. The molecule has 0 saturated heterocycles. The number of hydrogen-bond donors (Lipinski definition) is 3. The van der Waals surface area contributed by atoms with Crippen LogP contribution in [0.3, 0.4) is 0 Å². The molecule has 1 amide bonds. The lowest BCUT2D eigenvalue weighted by Gasteiger charge is -2.26. The van der Waals surface area contributed by atoms with Gasteiger partial charge in [-0.05, 0) is 50.3 Å². The fourth-order valence-electron chi connectivity index (χ4n) is 3.74. The molecular weight excluding hydrogens is 364 g/mol. The van der Waals surface area contributed by atoms with Crippen LogP contribution in [0.25, 0.3) is 10.9 Å². The highest BCUT2D eigenvalue weighted by Gasteiger charge is 2.20. The standard InChI is InChI=1S/C23H26N4O2/c1-15(16-5-3-2-4-6-16)25-22(29)17-7-8-18-14-24-23(27-21(18)13-17)26-19-9-11-20(28)12-10-19/h2-8,13-15,19-20,28H,9-12H2,1H3,(H,25,29)(H,24,26,27)/t15-,19-,20-/m1/s1. The Kier molecular flexibility index (Phi) is 5.71. The summed E-state index contributed by atoms with van der Waals surface area (Å²) in [7, 11) is 0.